The van der Waals surface area contributed by atoms with Crippen molar-refractivity contribution in [2.75, 3.05) is 7.11 Å². The van der Waals surface area contributed by atoms with E-state index in [2.05, 4.69) is 15.4 Å². The van der Waals surface area contributed by atoms with Crippen molar-refractivity contribution < 1.29 is 14.3 Å². The average Bonchev–Trinajstić information content (AvgIpc) is 3.35. The number of ether oxygens (including phenoxy) is 1. The number of carbonyl (C=O) groups is 2. The first-order valence-electron chi connectivity index (χ1n) is 10.0. The summed E-state index contributed by atoms with van der Waals surface area (Å²) < 4.78 is 6.75. The molecule has 1 amide bonds. The highest BCUT2D eigenvalue weighted by molar-refractivity contribution is 5.97. The van der Waals surface area contributed by atoms with Gasteiger partial charge in [-0.1, -0.05) is 18.2 Å². The molecule has 0 aliphatic rings. The maximum Gasteiger partial charge on any atom is 0.328 e. The van der Waals surface area contributed by atoms with Crippen molar-refractivity contribution in [2.45, 2.75) is 26.3 Å². The Kier molecular flexibility index (Phi) is 5.58. The van der Waals surface area contributed by atoms with Crippen LogP contribution in [0.2, 0.25) is 0 Å². The summed E-state index contributed by atoms with van der Waals surface area (Å²) in [4.78, 5) is 28.4. The molecule has 0 saturated carbocycles. The van der Waals surface area contributed by atoms with E-state index < -0.39 is 12.0 Å². The van der Waals surface area contributed by atoms with E-state index in [1.165, 1.54) is 7.11 Å². The van der Waals surface area contributed by atoms with Crippen LogP contribution in [0.1, 0.15) is 27.3 Å². The van der Waals surface area contributed by atoms with Gasteiger partial charge in [-0.3, -0.25) is 4.79 Å². The van der Waals surface area contributed by atoms with Crippen LogP contribution in [-0.4, -0.2) is 39.8 Å². The number of esters is 1. The summed E-state index contributed by atoms with van der Waals surface area (Å²) in [5.74, 6) is -0.826. The number of rotatable bonds is 6. The third kappa shape index (κ3) is 4.21. The summed E-state index contributed by atoms with van der Waals surface area (Å²) in [5, 5.41) is 8.28. The Bertz CT molecular complexity index is 1240. The zero-order chi connectivity index (χ0) is 22.0. The average molecular weight is 416 g/mol. The van der Waals surface area contributed by atoms with Crippen molar-refractivity contribution in [3.8, 4) is 5.69 Å². The minimum atomic E-state index is -0.799. The number of benzene rings is 2. The fourth-order valence-corrected chi connectivity index (χ4v) is 3.74. The van der Waals surface area contributed by atoms with E-state index in [0.717, 1.165) is 33.5 Å². The third-order valence-electron chi connectivity index (χ3n) is 5.27. The van der Waals surface area contributed by atoms with Gasteiger partial charge in [0.25, 0.3) is 5.91 Å². The third-order valence-corrected chi connectivity index (χ3v) is 5.27. The van der Waals surface area contributed by atoms with Crippen LogP contribution in [-0.2, 0) is 16.0 Å². The lowest BCUT2D eigenvalue weighted by Gasteiger charge is -2.16. The number of fused-ring (bicyclic) bond motifs is 1. The molecule has 0 spiro atoms. The number of H-pyrrole nitrogens is 1. The molecule has 4 aromatic rings. The first kappa shape index (κ1) is 20.4. The van der Waals surface area contributed by atoms with E-state index in [9.17, 15) is 9.59 Å². The lowest BCUT2D eigenvalue weighted by Crippen LogP contribution is -2.43. The number of nitrogens with zero attached hydrogens (tertiary/aromatic N) is 2. The van der Waals surface area contributed by atoms with Crippen LogP contribution >= 0.6 is 0 Å². The summed E-state index contributed by atoms with van der Waals surface area (Å²) in [6.45, 7) is 3.91. The van der Waals surface area contributed by atoms with Gasteiger partial charge in [0.1, 0.15) is 6.04 Å². The maximum atomic E-state index is 12.8. The second kappa shape index (κ2) is 8.47. The Labute approximate surface area is 180 Å². The van der Waals surface area contributed by atoms with E-state index in [4.69, 9.17) is 4.74 Å². The minimum Gasteiger partial charge on any atom is -0.467 e. The van der Waals surface area contributed by atoms with Gasteiger partial charge in [-0.15, -0.1) is 0 Å². The highest BCUT2D eigenvalue weighted by Gasteiger charge is 2.24. The molecule has 0 aliphatic heterocycles. The number of aromatic nitrogens is 3. The molecule has 2 aromatic heterocycles. The van der Waals surface area contributed by atoms with E-state index >= 15 is 0 Å². The quantitative estimate of drug-likeness (QED) is 0.471. The second-order valence-corrected chi connectivity index (χ2v) is 7.50. The van der Waals surface area contributed by atoms with Crippen LogP contribution in [0.3, 0.4) is 0 Å². The van der Waals surface area contributed by atoms with Crippen LogP contribution in [0.15, 0.2) is 60.8 Å². The molecule has 2 aromatic carbocycles. The Hall–Kier alpha value is -3.87. The number of methoxy groups -OCH3 is 1. The molecule has 0 radical (unpaired) electrons. The van der Waals surface area contributed by atoms with Crippen LogP contribution in [0.25, 0.3) is 16.6 Å². The smallest absolute Gasteiger partial charge is 0.328 e. The van der Waals surface area contributed by atoms with Gasteiger partial charge in [0.15, 0.2) is 0 Å². The lowest BCUT2D eigenvalue weighted by atomic mass is 10.0. The number of para-hydroxylation sites is 1. The minimum absolute atomic E-state index is 0.326. The summed E-state index contributed by atoms with van der Waals surface area (Å²) >= 11 is 0. The van der Waals surface area contributed by atoms with Gasteiger partial charge in [-0.05, 0) is 55.8 Å². The topological polar surface area (TPSA) is 89.0 Å². The second-order valence-electron chi connectivity index (χ2n) is 7.50. The highest BCUT2D eigenvalue weighted by atomic mass is 16.5. The standard InChI is InChI=1S/C24H24N4O3/c1-15-12-16(2)28(27-15)19-10-8-17(9-11-19)23(29)26-22(24(30)31-3)13-18-14-25-21-7-5-4-6-20(18)21/h4-12,14,22,25H,13H2,1-3H3,(H,26,29). The monoisotopic (exact) mass is 416 g/mol. The van der Waals surface area contributed by atoms with E-state index in [1.807, 2.05) is 67.2 Å². The van der Waals surface area contributed by atoms with Gasteiger partial charge < -0.3 is 15.0 Å². The number of nitrogens with one attached hydrogen (secondary N) is 2. The van der Waals surface area contributed by atoms with Crippen molar-refractivity contribution in [3.63, 3.8) is 0 Å². The molecule has 7 heteroatoms. The van der Waals surface area contributed by atoms with Gasteiger partial charge >= 0.3 is 5.97 Å². The van der Waals surface area contributed by atoms with E-state index in [-0.39, 0.29) is 5.91 Å². The molecule has 4 rings (SSSR count). The Morgan fingerprint density at radius 3 is 2.55 bits per heavy atom. The molecule has 1 atom stereocenters. The molecule has 158 valence electrons. The van der Waals surface area contributed by atoms with Crippen molar-refractivity contribution >= 4 is 22.8 Å². The SMILES string of the molecule is COC(=O)C(Cc1c[nH]c2ccccc12)NC(=O)c1ccc(-n2nc(C)cc2C)cc1. The van der Waals surface area contributed by atoms with E-state index in [0.29, 0.717) is 12.0 Å². The Morgan fingerprint density at radius 1 is 1.13 bits per heavy atom. The maximum absolute atomic E-state index is 12.8. The number of hydrogen-bond donors (Lipinski definition) is 2. The van der Waals surface area contributed by atoms with Crippen LogP contribution in [0, 0.1) is 13.8 Å². The van der Waals surface area contributed by atoms with Crippen molar-refractivity contribution in [1.29, 1.82) is 0 Å². The zero-order valence-electron chi connectivity index (χ0n) is 17.7. The molecule has 31 heavy (non-hydrogen) atoms. The predicted molar refractivity (Wildman–Crippen MR) is 118 cm³/mol. The highest BCUT2D eigenvalue weighted by Crippen LogP contribution is 2.20. The summed E-state index contributed by atoms with van der Waals surface area (Å²) in [6, 6.07) is 16.1. The molecule has 2 heterocycles. The van der Waals surface area contributed by atoms with Crippen molar-refractivity contribution in [1.82, 2.24) is 20.1 Å². The number of aromatic amines is 1. The van der Waals surface area contributed by atoms with Crippen LogP contribution in [0.5, 0.6) is 0 Å². The molecule has 0 saturated heterocycles. The van der Waals surface area contributed by atoms with Gasteiger partial charge in [0.05, 0.1) is 18.5 Å². The number of carbonyl (C=O) groups excluding carboxylic acids is 2. The normalized spacial score (nSPS) is 12.0. The summed E-state index contributed by atoms with van der Waals surface area (Å²) in [6.07, 6.45) is 2.18. The number of hydrogen-bond acceptors (Lipinski definition) is 4. The van der Waals surface area contributed by atoms with Crippen molar-refractivity contribution in [3.05, 3.63) is 83.3 Å². The fraction of sp³-hybridized carbons (Fsp3) is 0.208. The molecule has 0 aliphatic carbocycles. The molecule has 0 fully saturated rings. The summed E-state index contributed by atoms with van der Waals surface area (Å²) in [7, 11) is 1.32. The van der Waals surface area contributed by atoms with Gasteiger partial charge in [-0.25, -0.2) is 9.48 Å². The lowest BCUT2D eigenvalue weighted by molar-refractivity contribution is -0.142. The van der Waals surface area contributed by atoms with E-state index in [1.54, 1.807) is 12.1 Å². The van der Waals surface area contributed by atoms with Crippen LogP contribution in [0.4, 0.5) is 0 Å². The van der Waals surface area contributed by atoms with Gasteiger partial charge in [-0.2, -0.15) is 5.10 Å². The Morgan fingerprint density at radius 2 is 1.87 bits per heavy atom. The summed E-state index contributed by atoms with van der Waals surface area (Å²) in [5.41, 5.74) is 5.18. The molecular weight excluding hydrogens is 392 g/mol. The molecule has 7 nitrogen and oxygen atoms in total. The Balaban J connectivity index is 1.52. The number of amides is 1. The van der Waals surface area contributed by atoms with Gasteiger partial charge in [0.2, 0.25) is 0 Å². The fourth-order valence-electron chi connectivity index (χ4n) is 3.74. The molecule has 1 unspecified atom stereocenters. The molecule has 2 N–H and O–H groups in total. The molecule has 0 bridgehead atoms. The first-order chi connectivity index (χ1) is 15.0. The van der Waals surface area contributed by atoms with Crippen molar-refractivity contribution in [2.24, 2.45) is 0 Å². The number of aryl methyl sites for hydroxylation is 2. The first-order valence-corrected chi connectivity index (χ1v) is 10.0. The van der Waals surface area contributed by atoms with Crippen LogP contribution < -0.4 is 5.32 Å². The van der Waals surface area contributed by atoms with Gasteiger partial charge in [0, 0.05) is 34.8 Å². The largest absolute Gasteiger partial charge is 0.467 e. The molecular formula is C24H24N4O3. The predicted octanol–water partition coefficient (Wildman–Crippen LogP) is 3.48. The zero-order valence-corrected chi connectivity index (χ0v) is 17.7.